The van der Waals surface area contributed by atoms with Crippen LogP contribution in [0.25, 0.3) is 0 Å². The highest BCUT2D eigenvalue weighted by atomic mass is 19.1. The minimum Gasteiger partial charge on any atom is -0.466 e. The van der Waals surface area contributed by atoms with E-state index in [4.69, 9.17) is 4.74 Å². The van der Waals surface area contributed by atoms with E-state index in [-0.39, 0.29) is 6.61 Å². The lowest BCUT2D eigenvalue weighted by atomic mass is 10.0. The molecule has 0 saturated carbocycles. The van der Waals surface area contributed by atoms with Crippen molar-refractivity contribution in [3.8, 4) is 0 Å². The Morgan fingerprint density at radius 1 is 1.22 bits per heavy atom. The lowest BCUT2D eigenvalue weighted by Crippen LogP contribution is -2.42. The van der Waals surface area contributed by atoms with E-state index >= 15 is 0 Å². The summed E-state index contributed by atoms with van der Waals surface area (Å²) in [5.74, 6) is -6.14. The first-order valence-corrected chi connectivity index (χ1v) is 6.98. The zero-order valence-corrected chi connectivity index (χ0v) is 12.5. The molecule has 23 heavy (non-hydrogen) atoms. The van der Waals surface area contributed by atoms with Crippen LogP contribution in [-0.2, 0) is 9.53 Å². The molecule has 8 heteroatoms. The molecule has 0 aliphatic carbocycles. The van der Waals surface area contributed by atoms with Gasteiger partial charge in [0.05, 0.1) is 23.8 Å². The number of carbonyl (C=O) groups excluding carboxylic acids is 3. The summed E-state index contributed by atoms with van der Waals surface area (Å²) in [5.41, 5.74) is -1.33. The zero-order valence-electron chi connectivity index (χ0n) is 12.5. The Kier molecular flexibility index (Phi) is 4.74. The van der Waals surface area contributed by atoms with E-state index < -0.39 is 59.1 Å². The Morgan fingerprint density at radius 2 is 1.70 bits per heavy atom. The molecular weight excluding hydrogens is 312 g/mol. The fourth-order valence-corrected chi connectivity index (χ4v) is 2.37. The van der Waals surface area contributed by atoms with Crippen LogP contribution in [0.4, 0.5) is 8.78 Å². The number of aliphatic hydroxyl groups excluding tert-OH is 1. The standard InChI is InChI=1S/C15H15F2NO5/c1-3-23-15(22)8(7(2)19)6-18-13(20)11-9(16)4-5-10(17)12(11)14(18)21/h4-5,7-8,19H,3,6H2,1-2H3. The Morgan fingerprint density at radius 3 is 2.09 bits per heavy atom. The average Bonchev–Trinajstić information content (AvgIpc) is 2.73. The van der Waals surface area contributed by atoms with Gasteiger partial charge in [-0.05, 0) is 26.0 Å². The molecule has 124 valence electrons. The van der Waals surface area contributed by atoms with Crippen LogP contribution in [0.2, 0.25) is 0 Å². The Hall–Kier alpha value is -2.35. The molecule has 2 unspecified atom stereocenters. The van der Waals surface area contributed by atoms with Gasteiger partial charge in [-0.1, -0.05) is 0 Å². The summed E-state index contributed by atoms with van der Waals surface area (Å²) in [6.07, 6.45) is -1.21. The number of halogens is 2. The maximum absolute atomic E-state index is 13.7. The summed E-state index contributed by atoms with van der Waals surface area (Å²) < 4.78 is 32.2. The predicted molar refractivity (Wildman–Crippen MR) is 73.5 cm³/mol. The first kappa shape index (κ1) is 17.0. The topological polar surface area (TPSA) is 83.9 Å². The van der Waals surface area contributed by atoms with Crippen LogP contribution in [-0.4, -0.2) is 47.0 Å². The Balaban J connectivity index is 2.34. The minimum atomic E-state index is -1.21. The van der Waals surface area contributed by atoms with Crippen LogP contribution in [0.1, 0.15) is 34.6 Å². The number of imide groups is 1. The first-order valence-electron chi connectivity index (χ1n) is 6.98. The fraction of sp³-hybridized carbons (Fsp3) is 0.400. The normalized spacial score (nSPS) is 16.3. The second-order valence-corrected chi connectivity index (χ2v) is 5.10. The molecular formula is C15H15F2NO5. The molecule has 1 aromatic carbocycles. The van der Waals surface area contributed by atoms with Gasteiger partial charge in [-0.25, -0.2) is 8.78 Å². The van der Waals surface area contributed by atoms with Gasteiger partial charge in [-0.3, -0.25) is 19.3 Å². The lowest BCUT2D eigenvalue weighted by Gasteiger charge is -2.23. The van der Waals surface area contributed by atoms with Gasteiger partial charge in [0, 0.05) is 6.54 Å². The lowest BCUT2D eigenvalue weighted by molar-refractivity contribution is -0.151. The number of amides is 2. The fourth-order valence-electron chi connectivity index (χ4n) is 2.37. The third-order valence-electron chi connectivity index (χ3n) is 3.57. The smallest absolute Gasteiger partial charge is 0.313 e. The summed E-state index contributed by atoms with van der Waals surface area (Å²) in [7, 11) is 0. The maximum Gasteiger partial charge on any atom is 0.313 e. The van der Waals surface area contributed by atoms with Crippen molar-refractivity contribution >= 4 is 17.8 Å². The molecule has 1 aliphatic rings. The van der Waals surface area contributed by atoms with E-state index in [0.717, 1.165) is 12.1 Å². The van der Waals surface area contributed by atoms with Crippen molar-refractivity contribution in [3.63, 3.8) is 0 Å². The van der Waals surface area contributed by atoms with Gasteiger partial charge in [-0.2, -0.15) is 0 Å². The van der Waals surface area contributed by atoms with Crippen molar-refractivity contribution in [1.82, 2.24) is 4.90 Å². The Bertz CT molecular complexity index is 633. The van der Waals surface area contributed by atoms with Crippen molar-refractivity contribution in [2.75, 3.05) is 13.2 Å². The third-order valence-corrected chi connectivity index (χ3v) is 3.57. The Labute approximate surface area is 130 Å². The number of carbonyl (C=O) groups is 3. The van der Waals surface area contributed by atoms with E-state index in [1.807, 2.05) is 0 Å². The first-order chi connectivity index (χ1) is 10.8. The van der Waals surface area contributed by atoms with Crippen LogP contribution >= 0.6 is 0 Å². The summed E-state index contributed by atoms with van der Waals surface area (Å²) in [4.78, 5) is 36.7. The molecule has 1 heterocycles. The molecule has 1 aliphatic heterocycles. The van der Waals surface area contributed by atoms with Gasteiger partial charge >= 0.3 is 5.97 Å². The number of hydrogen-bond donors (Lipinski definition) is 1. The van der Waals surface area contributed by atoms with Crippen LogP contribution < -0.4 is 0 Å². The number of aliphatic hydroxyl groups is 1. The van der Waals surface area contributed by atoms with E-state index in [1.165, 1.54) is 6.92 Å². The van der Waals surface area contributed by atoms with Gasteiger partial charge < -0.3 is 9.84 Å². The second-order valence-electron chi connectivity index (χ2n) is 5.10. The van der Waals surface area contributed by atoms with E-state index in [0.29, 0.717) is 4.90 Å². The van der Waals surface area contributed by atoms with E-state index in [1.54, 1.807) is 6.92 Å². The highest BCUT2D eigenvalue weighted by molar-refractivity contribution is 6.21. The molecule has 0 radical (unpaired) electrons. The molecule has 1 aromatic rings. The average molecular weight is 327 g/mol. The van der Waals surface area contributed by atoms with Crippen LogP contribution in [0.5, 0.6) is 0 Å². The largest absolute Gasteiger partial charge is 0.466 e. The number of nitrogens with zero attached hydrogens (tertiary/aromatic N) is 1. The highest BCUT2D eigenvalue weighted by Crippen LogP contribution is 2.28. The monoisotopic (exact) mass is 327 g/mol. The zero-order chi connectivity index (χ0) is 17.3. The van der Waals surface area contributed by atoms with Crippen molar-refractivity contribution in [3.05, 3.63) is 34.9 Å². The summed E-state index contributed by atoms with van der Waals surface area (Å²) in [6.45, 7) is 2.37. The third kappa shape index (κ3) is 2.94. The van der Waals surface area contributed by atoms with Crippen molar-refractivity contribution in [1.29, 1.82) is 0 Å². The molecule has 0 saturated heterocycles. The second kappa shape index (κ2) is 6.41. The van der Waals surface area contributed by atoms with Crippen molar-refractivity contribution in [2.24, 2.45) is 5.92 Å². The minimum absolute atomic E-state index is 0.0490. The molecule has 1 N–H and O–H groups in total. The van der Waals surface area contributed by atoms with Crippen LogP contribution in [0, 0.1) is 17.6 Å². The van der Waals surface area contributed by atoms with Gasteiger partial charge in [0.1, 0.15) is 17.6 Å². The SMILES string of the molecule is CCOC(=O)C(CN1C(=O)c2c(F)ccc(F)c2C1=O)C(C)O. The van der Waals surface area contributed by atoms with Gasteiger partial charge in [-0.15, -0.1) is 0 Å². The predicted octanol–water partition coefficient (Wildman–Crippen LogP) is 1.12. The molecule has 2 atom stereocenters. The van der Waals surface area contributed by atoms with E-state index in [9.17, 15) is 28.3 Å². The molecule has 0 aromatic heterocycles. The molecule has 0 bridgehead atoms. The van der Waals surface area contributed by atoms with Gasteiger partial charge in [0.25, 0.3) is 11.8 Å². The molecule has 2 amide bonds. The number of rotatable bonds is 5. The molecule has 0 spiro atoms. The number of benzene rings is 1. The maximum atomic E-state index is 13.7. The summed E-state index contributed by atoms with van der Waals surface area (Å²) in [5, 5.41) is 9.67. The molecule has 6 nitrogen and oxygen atoms in total. The summed E-state index contributed by atoms with van der Waals surface area (Å²) in [6, 6.07) is 1.50. The quantitative estimate of drug-likeness (QED) is 0.647. The molecule has 2 rings (SSSR count). The number of fused-ring (bicyclic) bond motifs is 1. The van der Waals surface area contributed by atoms with Crippen LogP contribution in [0.3, 0.4) is 0 Å². The van der Waals surface area contributed by atoms with Crippen LogP contribution in [0.15, 0.2) is 12.1 Å². The number of hydrogen-bond acceptors (Lipinski definition) is 5. The van der Waals surface area contributed by atoms with Gasteiger partial charge in [0.2, 0.25) is 0 Å². The van der Waals surface area contributed by atoms with Crippen molar-refractivity contribution in [2.45, 2.75) is 20.0 Å². The van der Waals surface area contributed by atoms with E-state index in [2.05, 4.69) is 0 Å². The molecule has 0 fully saturated rings. The number of ether oxygens (including phenoxy) is 1. The van der Waals surface area contributed by atoms with Crippen molar-refractivity contribution < 1.29 is 33.0 Å². The van der Waals surface area contributed by atoms with Gasteiger partial charge in [0.15, 0.2) is 0 Å². The summed E-state index contributed by atoms with van der Waals surface area (Å²) >= 11 is 0. The number of esters is 1. The highest BCUT2D eigenvalue weighted by Gasteiger charge is 2.43.